The number of anilines is 2. The molecule has 0 spiro atoms. The second kappa shape index (κ2) is 20.4. The molecule has 14 nitrogen and oxygen atoms in total. The van der Waals surface area contributed by atoms with Crippen molar-refractivity contribution in [3.63, 3.8) is 0 Å². The lowest BCUT2D eigenvalue weighted by Crippen LogP contribution is -2.19. The average Bonchev–Trinajstić information content (AvgIpc) is 3.39. The van der Waals surface area contributed by atoms with E-state index in [-0.39, 0.29) is 57.2 Å². The van der Waals surface area contributed by atoms with Gasteiger partial charge in [-0.3, -0.25) is 19.4 Å². The number of hydrogen-bond donors (Lipinski definition) is 2. The molecule has 6 heterocycles. The van der Waals surface area contributed by atoms with Gasteiger partial charge in [0.2, 0.25) is 0 Å². The van der Waals surface area contributed by atoms with Crippen LogP contribution in [0, 0.1) is 11.6 Å². The summed E-state index contributed by atoms with van der Waals surface area (Å²) in [6.45, 7) is 0.412. The molecule has 0 bridgehead atoms. The smallest absolute Gasteiger partial charge is 0.416 e. The third kappa shape index (κ3) is 11.2. The van der Waals surface area contributed by atoms with Crippen LogP contribution in [-0.2, 0) is 32.4 Å². The predicted octanol–water partition coefficient (Wildman–Crippen LogP) is 10.8. The summed E-state index contributed by atoms with van der Waals surface area (Å²) in [6.07, 6.45) is -1.23. The number of fused-ring (bicyclic) bond motifs is 2. The zero-order valence-electron chi connectivity index (χ0n) is 37.8. The summed E-state index contributed by atoms with van der Waals surface area (Å²) in [4.78, 5) is 23.1. The monoisotopic (exact) mass is 1060 g/mol. The van der Waals surface area contributed by atoms with Crippen LogP contribution in [0.25, 0.3) is 22.5 Å². The summed E-state index contributed by atoms with van der Waals surface area (Å²) in [5, 5.41) is 0. The molecule has 2 aliphatic rings. The van der Waals surface area contributed by atoms with Crippen LogP contribution in [0.1, 0.15) is 58.1 Å². The molecule has 2 N–H and O–H groups in total. The molecule has 4 aromatic carbocycles. The number of rotatable bonds is 10. The number of ether oxygens (including phenoxy) is 2. The average molecular weight is 1060 g/mol. The van der Waals surface area contributed by atoms with Crippen molar-refractivity contribution in [1.82, 2.24) is 29.9 Å². The van der Waals surface area contributed by atoms with Crippen LogP contribution < -0.4 is 18.9 Å². The Balaban J connectivity index is 0.000000182. The van der Waals surface area contributed by atoms with Crippen LogP contribution in [0.15, 0.2) is 156 Å². The van der Waals surface area contributed by atoms with Gasteiger partial charge >= 0.3 is 12.4 Å². The Hall–Kier alpha value is -8.12. The van der Waals surface area contributed by atoms with E-state index in [4.69, 9.17) is 9.47 Å². The molecule has 74 heavy (non-hydrogen) atoms. The predicted molar refractivity (Wildman–Crippen MR) is 252 cm³/mol. The van der Waals surface area contributed by atoms with Crippen molar-refractivity contribution in [3.05, 3.63) is 192 Å². The molecular weight excluding hydrogens is 1020 g/mol. The minimum absolute atomic E-state index is 0.0710. The van der Waals surface area contributed by atoms with Crippen molar-refractivity contribution in [2.75, 3.05) is 22.7 Å². The van der Waals surface area contributed by atoms with Gasteiger partial charge in [0.15, 0.2) is 0 Å². The van der Waals surface area contributed by atoms with E-state index in [9.17, 15) is 52.0 Å². The fraction of sp³-hybridized carbons (Fsp3) is 0.160. The largest absolute Gasteiger partial charge is 0.493 e. The maximum Gasteiger partial charge on any atom is 0.416 e. The molecule has 2 aliphatic heterocycles. The van der Waals surface area contributed by atoms with Gasteiger partial charge in [0, 0.05) is 58.6 Å². The number of nitrogens with zero attached hydrogens (tertiary/aromatic N) is 6. The van der Waals surface area contributed by atoms with E-state index in [1.807, 2.05) is 0 Å². The zero-order chi connectivity index (χ0) is 52.4. The Morgan fingerprint density at radius 1 is 0.486 bits per heavy atom. The number of pyridine rings is 2. The molecule has 0 saturated carbocycles. The number of sulfonamides is 2. The van der Waals surface area contributed by atoms with E-state index in [0.717, 1.165) is 48.8 Å². The molecule has 8 aromatic rings. The van der Waals surface area contributed by atoms with E-state index in [2.05, 4.69) is 39.3 Å². The first-order chi connectivity index (χ1) is 35.2. The summed E-state index contributed by atoms with van der Waals surface area (Å²) in [6, 6.07) is 23.1. The fourth-order valence-corrected chi connectivity index (χ4v) is 10.4. The van der Waals surface area contributed by atoms with Crippen LogP contribution in [0.5, 0.6) is 11.5 Å². The van der Waals surface area contributed by atoms with Gasteiger partial charge in [-0.1, -0.05) is 24.3 Å². The van der Waals surface area contributed by atoms with Crippen LogP contribution in [0.3, 0.4) is 0 Å². The van der Waals surface area contributed by atoms with E-state index in [0.29, 0.717) is 46.6 Å². The van der Waals surface area contributed by atoms with Gasteiger partial charge < -0.3 is 9.47 Å². The number of aromatic nitrogens is 6. The summed E-state index contributed by atoms with van der Waals surface area (Å²) in [5.41, 5.74) is 1.34. The molecule has 0 aliphatic carbocycles. The van der Waals surface area contributed by atoms with Crippen molar-refractivity contribution < 1.29 is 61.4 Å². The van der Waals surface area contributed by atoms with Crippen molar-refractivity contribution in [2.45, 2.75) is 46.8 Å². The van der Waals surface area contributed by atoms with Crippen LogP contribution in [-0.4, -0.2) is 60.0 Å². The summed E-state index contributed by atoms with van der Waals surface area (Å²) >= 11 is 0. The van der Waals surface area contributed by atoms with E-state index in [1.165, 1.54) is 85.7 Å². The minimum atomic E-state index is -4.58. The second-order valence-corrected chi connectivity index (χ2v) is 19.9. The lowest BCUT2D eigenvalue weighted by atomic mass is 9.83. The van der Waals surface area contributed by atoms with Crippen LogP contribution >= 0.6 is 0 Å². The highest BCUT2D eigenvalue weighted by atomic mass is 32.2. The quantitative estimate of drug-likeness (QED) is 0.124. The molecule has 0 radical (unpaired) electrons. The highest BCUT2D eigenvalue weighted by Crippen LogP contribution is 2.46. The van der Waals surface area contributed by atoms with Gasteiger partial charge in [-0.2, -0.15) is 26.3 Å². The molecule has 24 heteroatoms. The Labute approximate surface area is 416 Å². The van der Waals surface area contributed by atoms with Crippen LogP contribution in [0.2, 0.25) is 0 Å². The highest BCUT2D eigenvalue weighted by molar-refractivity contribution is 7.93. The lowest BCUT2D eigenvalue weighted by Gasteiger charge is -2.28. The normalized spacial score (nSPS) is 15.5. The fourth-order valence-electron chi connectivity index (χ4n) is 8.40. The number of alkyl halides is 6. The van der Waals surface area contributed by atoms with Crippen molar-refractivity contribution in [1.29, 1.82) is 0 Å². The van der Waals surface area contributed by atoms with Gasteiger partial charge in [0.1, 0.15) is 47.4 Å². The first-order valence-electron chi connectivity index (χ1n) is 22.0. The summed E-state index contributed by atoms with van der Waals surface area (Å²) in [5.74, 6) is -1.30. The zero-order valence-corrected chi connectivity index (χ0v) is 39.4. The van der Waals surface area contributed by atoms with Gasteiger partial charge in [0.25, 0.3) is 20.0 Å². The molecule has 0 saturated heterocycles. The molecule has 380 valence electrons. The maximum atomic E-state index is 13.5. The van der Waals surface area contributed by atoms with Gasteiger partial charge in [-0.05, 0) is 96.8 Å². The molecule has 0 amide bonds. The van der Waals surface area contributed by atoms with Gasteiger partial charge in [-0.15, -0.1) is 0 Å². The molecule has 10 rings (SSSR count). The Morgan fingerprint density at radius 3 is 1.24 bits per heavy atom. The third-order valence-corrected chi connectivity index (χ3v) is 14.5. The number of benzene rings is 4. The molecule has 0 unspecified atom stereocenters. The van der Waals surface area contributed by atoms with Crippen molar-refractivity contribution in [2.24, 2.45) is 0 Å². The van der Waals surface area contributed by atoms with Crippen LogP contribution in [0.4, 0.5) is 46.8 Å². The Kier molecular flexibility index (Phi) is 14.0. The summed E-state index contributed by atoms with van der Waals surface area (Å²) in [7, 11) is -7.99. The third-order valence-electron chi connectivity index (χ3n) is 11.8. The number of hydrogen-bond acceptors (Lipinski definition) is 12. The van der Waals surface area contributed by atoms with E-state index >= 15 is 0 Å². The highest BCUT2D eigenvalue weighted by Gasteiger charge is 2.36. The van der Waals surface area contributed by atoms with E-state index in [1.54, 1.807) is 12.1 Å². The standard InChI is InChI=1S/2C25H18F4N4O3S/c2*26-16-2-6-22(31-13-16)21-11-15(25(27,28)29)1-4-18(21)19-8-10-36-23-12-17(3-5-20(19)23)37(34,35)33-24-7-9-30-14-32-24/h2*1-7,9,11-14,19H,8,10H2,(H,30,32,33)/t2*19-/m10/s1. The molecule has 2 atom stereocenters. The summed E-state index contributed by atoms with van der Waals surface area (Å²) < 4.78 is 176. The topological polar surface area (TPSA) is 188 Å². The Morgan fingerprint density at radius 2 is 0.892 bits per heavy atom. The Bertz CT molecular complexity index is 3330. The van der Waals surface area contributed by atoms with Gasteiger partial charge in [-0.25, -0.2) is 45.6 Å². The maximum absolute atomic E-state index is 13.5. The second-order valence-electron chi connectivity index (χ2n) is 16.5. The van der Waals surface area contributed by atoms with Crippen molar-refractivity contribution >= 4 is 31.7 Å². The minimum Gasteiger partial charge on any atom is -0.493 e. The van der Waals surface area contributed by atoms with E-state index < -0.39 is 67.0 Å². The molecule has 4 aromatic heterocycles. The first-order valence-corrected chi connectivity index (χ1v) is 25.0. The molecular formula is C50H36F8N8O6S2. The number of nitrogens with one attached hydrogen (secondary N) is 2. The van der Waals surface area contributed by atoms with Crippen molar-refractivity contribution in [3.8, 4) is 34.0 Å². The molecule has 0 fully saturated rings. The first kappa shape index (κ1) is 50.8. The number of halogens is 8. The lowest BCUT2D eigenvalue weighted by molar-refractivity contribution is -0.138. The van der Waals surface area contributed by atoms with Gasteiger partial charge in [0.05, 0.1) is 57.9 Å². The SMILES string of the molecule is O=S(=O)(Nc1ccncn1)c1ccc2c(c1)OCC[C@@H]2c1ccc(C(F)(F)F)cc1-c1ccc(F)cn1.O=S(=O)(Nc1ccncn1)c1ccc2c(c1)OCC[C@H]2c1ccc(C(F)(F)F)cc1-c1ccc(F)cn1.